The molecule has 0 amide bonds. The maximum atomic E-state index is 11.8. The molecule has 4 nitrogen and oxygen atoms in total. The standard InChI is InChI=1S/C18H18O4/c1-2-14-8-10-15(11-9-14)18(20)22-13-16(19)12-21-17-6-4-3-5-7-17/h2-11,16,19H,1,12-13H2. The molecule has 2 aromatic rings. The number of ether oxygens (including phenoxy) is 2. The van der Waals surface area contributed by atoms with Crippen LogP contribution >= 0.6 is 0 Å². The van der Waals surface area contributed by atoms with Gasteiger partial charge < -0.3 is 14.6 Å². The number of aliphatic hydroxyl groups is 1. The molecule has 0 aliphatic heterocycles. The highest BCUT2D eigenvalue weighted by Gasteiger charge is 2.11. The molecule has 0 aromatic heterocycles. The summed E-state index contributed by atoms with van der Waals surface area (Å²) in [5, 5.41) is 9.77. The highest BCUT2D eigenvalue weighted by atomic mass is 16.5. The van der Waals surface area contributed by atoms with Gasteiger partial charge in [-0.15, -0.1) is 0 Å². The zero-order valence-corrected chi connectivity index (χ0v) is 12.1. The summed E-state index contributed by atoms with van der Waals surface area (Å²) in [4.78, 5) is 11.8. The Morgan fingerprint density at radius 3 is 2.41 bits per heavy atom. The van der Waals surface area contributed by atoms with Gasteiger partial charge in [-0.2, -0.15) is 0 Å². The van der Waals surface area contributed by atoms with E-state index in [4.69, 9.17) is 9.47 Å². The summed E-state index contributed by atoms with van der Waals surface area (Å²) in [6.45, 7) is 3.59. The number of benzene rings is 2. The van der Waals surface area contributed by atoms with Crippen molar-refractivity contribution in [1.82, 2.24) is 0 Å². The van der Waals surface area contributed by atoms with Crippen molar-refractivity contribution in [2.45, 2.75) is 6.10 Å². The normalized spacial score (nSPS) is 11.5. The predicted molar refractivity (Wildman–Crippen MR) is 84.8 cm³/mol. The van der Waals surface area contributed by atoms with Crippen LogP contribution in [0.15, 0.2) is 61.2 Å². The lowest BCUT2D eigenvalue weighted by Gasteiger charge is -2.12. The van der Waals surface area contributed by atoms with Crippen LogP contribution in [-0.2, 0) is 4.74 Å². The van der Waals surface area contributed by atoms with Gasteiger partial charge >= 0.3 is 5.97 Å². The van der Waals surface area contributed by atoms with Gasteiger partial charge in [0.25, 0.3) is 0 Å². The number of aliphatic hydroxyl groups excluding tert-OH is 1. The second-order valence-electron chi connectivity index (χ2n) is 4.70. The minimum Gasteiger partial charge on any atom is -0.491 e. The molecule has 4 heteroatoms. The van der Waals surface area contributed by atoms with E-state index in [0.717, 1.165) is 5.56 Å². The molecule has 0 heterocycles. The maximum Gasteiger partial charge on any atom is 0.338 e. The van der Waals surface area contributed by atoms with E-state index in [1.165, 1.54) is 0 Å². The highest BCUT2D eigenvalue weighted by Crippen LogP contribution is 2.09. The molecular formula is C18H18O4. The minimum atomic E-state index is -0.878. The average Bonchev–Trinajstić information content (AvgIpc) is 2.58. The van der Waals surface area contributed by atoms with Gasteiger partial charge in [0.1, 0.15) is 25.1 Å². The lowest BCUT2D eigenvalue weighted by Crippen LogP contribution is -2.25. The molecule has 1 atom stereocenters. The molecule has 0 spiro atoms. The molecule has 22 heavy (non-hydrogen) atoms. The second kappa shape index (κ2) is 8.00. The van der Waals surface area contributed by atoms with Crippen LogP contribution in [0, 0.1) is 0 Å². The lowest BCUT2D eigenvalue weighted by molar-refractivity contribution is 0.0130. The minimum absolute atomic E-state index is 0.0622. The van der Waals surface area contributed by atoms with Crippen LogP contribution in [0.2, 0.25) is 0 Å². The van der Waals surface area contributed by atoms with Crippen LogP contribution in [0.4, 0.5) is 0 Å². The van der Waals surface area contributed by atoms with E-state index in [0.29, 0.717) is 11.3 Å². The molecule has 1 N–H and O–H groups in total. The highest BCUT2D eigenvalue weighted by molar-refractivity contribution is 5.89. The van der Waals surface area contributed by atoms with Crippen LogP contribution in [-0.4, -0.2) is 30.4 Å². The Morgan fingerprint density at radius 2 is 1.77 bits per heavy atom. The Morgan fingerprint density at radius 1 is 1.09 bits per heavy atom. The fourth-order valence-corrected chi connectivity index (χ4v) is 1.77. The van der Waals surface area contributed by atoms with E-state index in [1.807, 2.05) is 18.2 Å². The van der Waals surface area contributed by atoms with Crippen LogP contribution in [0.25, 0.3) is 6.08 Å². The van der Waals surface area contributed by atoms with Crippen molar-refractivity contribution in [2.75, 3.05) is 13.2 Å². The third-order valence-corrected chi connectivity index (χ3v) is 2.97. The Bertz CT molecular complexity index is 605. The van der Waals surface area contributed by atoms with Gasteiger partial charge in [0, 0.05) is 0 Å². The third kappa shape index (κ3) is 4.75. The van der Waals surface area contributed by atoms with Crippen molar-refractivity contribution in [3.63, 3.8) is 0 Å². The van der Waals surface area contributed by atoms with Crippen LogP contribution in [0.1, 0.15) is 15.9 Å². The first-order chi connectivity index (χ1) is 10.7. The number of esters is 1. The van der Waals surface area contributed by atoms with Gasteiger partial charge in [-0.05, 0) is 29.8 Å². The summed E-state index contributed by atoms with van der Waals surface area (Å²) < 4.78 is 10.4. The molecule has 0 saturated heterocycles. The zero-order chi connectivity index (χ0) is 15.8. The monoisotopic (exact) mass is 298 g/mol. The van der Waals surface area contributed by atoms with E-state index in [9.17, 15) is 9.90 Å². The first-order valence-corrected chi connectivity index (χ1v) is 6.94. The van der Waals surface area contributed by atoms with E-state index in [-0.39, 0.29) is 13.2 Å². The number of carbonyl (C=O) groups is 1. The van der Waals surface area contributed by atoms with Crippen molar-refractivity contribution in [1.29, 1.82) is 0 Å². The van der Waals surface area contributed by atoms with E-state index < -0.39 is 12.1 Å². The average molecular weight is 298 g/mol. The molecule has 0 aliphatic rings. The van der Waals surface area contributed by atoms with E-state index in [2.05, 4.69) is 6.58 Å². The van der Waals surface area contributed by atoms with Crippen LogP contribution < -0.4 is 4.74 Å². The number of para-hydroxylation sites is 1. The van der Waals surface area contributed by atoms with Gasteiger partial charge in [0.2, 0.25) is 0 Å². The van der Waals surface area contributed by atoms with Gasteiger partial charge in [-0.1, -0.05) is 43.0 Å². The maximum absolute atomic E-state index is 11.8. The first kappa shape index (κ1) is 15.8. The number of rotatable bonds is 7. The molecule has 2 aromatic carbocycles. The molecule has 0 saturated carbocycles. The molecule has 0 bridgehead atoms. The number of carbonyl (C=O) groups excluding carboxylic acids is 1. The topological polar surface area (TPSA) is 55.8 Å². The first-order valence-electron chi connectivity index (χ1n) is 6.94. The molecule has 0 fully saturated rings. The summed E-state index contributed by atoms with van der Waals surface area (Å²) in [6, 6.07) is 16.0. The second-order valence-corrected chi connectivity index (χ2v) is 4.70. The molecule has 1 unspecified atom stereocenters. The Hall–Kier alpha value is -2.59. The fourth-order valence-electron chi connectivity index (χ4n) is 1.77. The van der Waals surface area contributed by atoms with Gasteiger partial charge in [-0.25, -0.2) is 4.79 Å². The fraction of sp³-hybridized carbons (Fsp3) is 0.167. The summed E-state index contributed by atoms with van der Waals surface area (Å²) in [5.74, 6) is 0.183. The molecule has 0 radical (unpaired) electrons. The smallest absolute Gasteiger partial charge is 0.338 e. The summed E-state index contributed by atoms with van der Waals surface area (Å²) in [7, 11) is 0. The molecule has 114 valence electrons. The predicted octanol–water partition coefficient (Wildman–Crippen LogP) is 2.93. The zero-order valence-electron chi connectivity index (χ0n) is 12.1. The summed E-state index contributed by atoms with van der Waals surface area (Å²) in [6.07, 6.45) is 0.816. The van der Waals surface area contributed by atoms with E-state index >= 15 is 0 Å². The SMILES string of the molecule is C=Cc1ccc(C(=O)OCC(O)COc2ccccc2)cc1. The number of hydrogen-bond acceptors (Lipinski definition) is 4. The third-order valence-electron chi connectivity index (χ3n) is 2.97. The number of hydrogen-bond donors (Lipinski definition) is 1. The van der Waals surface area contributed by atoms with Crippen molar-refractivity contribution in [2.24, 2.45) is 0 Å². The Labute approximate surface area is 129 Å². The molecule has 0 aliphatic carbocycles. The van der Waals surface area contributed by atoms with Crippen molar-refractivity contribution >= 4 is 12.0 Å². The Kier molecular flexibility index (Phi) is 5.74. The van der Waals surface area contributed by atoms with Gasteiger partial charge in [0.05, 0.1) is 5.56 Å². The van der Waals surface area contributed by atoms with Gasteiger partial charge in [-0.3, -0.25) is 0 Å². The van der Waals surface area contributed by atoms with Crippen molar-refractivity contribution in [3.8, 4) is 5.75 Å². The van der Waals surface area contributed by atoms with Crippen molar-refractivity contribution in [3.05, 3.63) is 72.3 Å². The van der Waals surface area contributed by atoms with Gasteiger partial charge in [0.15, 0.2) is 0 Å². The molecule has 2 rings (SSSR count). The van der Waals surface area contributed by atoms with Crippen LogP contribution in [0.5, 0.6) is 5.75 Å². The van der Waals surface area contributed by atoms with Crippen molar-refractivity contribution < 1.29 is 19.4 Å². The van der Waals surface area contributed by atoms with E-state index in [1.54, 1.807) is 42.5 Å². The lowest BCUT2D eigenvalue weighted by atomic mass is 10.1. The van der Waals surface area contributed by atoms with Crippen LogP contribution in [0.3, 0.4) is 0 Å². The summed E-state index contributed by atoms with van der Waals surface area (Å²) in [5.41, 5.74) is 1.36. The summed E-state index contributed by atoms with van der Waals surface area (Å²) >= 11 is 0. The molecular weight excluding hydrogens is 280 g/mol. The Balaban J connectivity index is 1.76. The quantitative estimate of drug-likeness (QED) is 0.799. The largest absolute Gasteiger partial charge is 0.491 e.